The molecule has 0 aliphatic carbocycles. The number of nitrogens with one attached hydrogen (secondary N) is 1. The number of aryl methyl sites for hydroxylation is 1. The third kappa shape index (κ3) is 6.29. The van der Waals surface area contributed by atoms with Gasteiger partial charge in [0.2, 0.25) is 0 Å². The number of halogens is 1. The summed E-state index contributed by atoms with van der Waals surface area (Å²) in [5.41, 5.74) is 2.49. The van der Waals surface area contributed by atoms with Crippen LogP contribution in [0.5, 0.6) is 0 Å². The summed E-state index contributed by atoms with van der Waals surface area (Å²) in [6, 6.07) is 4.20. The van der Waals surface area contributed by atoms with Gasteiger partial charge in [-0.2, -0.15) is 0 Å². The van der Waals surface area contributed by atoms with E-state index in [1.54, 1.807) is 11.3 Å². The maximum absolute atomic E-state index is 4.76. The molecule has 0 atom stereocenters. The monoisotopic (exact) mass is 475 g/mol. The highest BCUT2D eigenvalue weighted by Crippen LogP contribution is 2.24. The van der Waals surface area contributed by atoms with Crippen molar-refractivity contribution < 1.29 is 0 Å². The summed E-state index contributed by atoms with van der Waals surface area (Å²) in [5.74, 6) is 0.909. The average molecular weight is 475 g/mol. The highest BCUT2D eigenvalue weighted by Gasteiger charge is 2.17. The number of guanidine groups is 1. The number of aromatic nitrogens is 2. The van der Waals surface area contributed by atoms with E-state index in [9.17, 15) is 0 Å². The Hall–Kier alpha value is -1.09. The lowest BCUT2D eigenvalue weighted by atomic mass is 9.93. The summed E-state index contributed by atoms with van der Waals surface area (Å²) in [7, 11) is 4.13. The molecule has 0 aromatic carbocycles. The molecule has 1 N–H and O–H groups in total. The van der Waals surface area contributed by atoms with Gasteiger partial charge in [0.05, 0.1) is 18.8 Å². The standard InChI is InChI=1S/C18H29N5S.HI/c1-7-19-17(23(6)12-14-9-8-10-22(14)5)20-11-16-21-15(13-24-16)18(2,3)4;/h8-10,13H,7,11-12H2,1-6H3,(H,19,20);1H. The molecular formula is C18H30IN5S. The van der Waals surface area contributed by atoms with Gasteiger partial charge in [0, 0.05) is 43.3 Å². The Morgan fingerprint density at radius 3 is 2.64 bits per heavy atom. The molecule has 0 saturated carbocycles. The van der Waals surface area contributed by atoms with E-state index in [1.807, 2.05) is 0 Å². The largest absolute Gasteiger partial charge is 0.357 e. The van der Waals surface area contributed by atoms with E-state index in [1.165, 1.54) is 5.69 Å². The van der Waals surface area contributed by atoms with Crippen molar-refractivity contribution in [2.75, 3.05) is 13.6 Å². The van der Waals surface area contributed by atoms with Crippen LogP contribution in [0.4, 0.5) is 0 Å². The molecule has 2 aromatic heterocycles. The number of rotatable bonds is 5. The number of aliphatic imine (C=N–C) groups is 1. The summed E-state index contributed by atoms with van der Waals surface area (Å²) < 4.78 is 2.14. The second kappa shape index (κ2) is 9.56. The van der Waals surface area contributed by atoms with Crippen LogP contribution >= 0.6 is 35.3 Å². The number of hydrogen-bond donors (Lipinski definition) is 1. The molecule has 2 heterocycles. The molecule has 2 aromatic rings. The Morgan fingerprint density at radius 1 is 1.40 bits per heavy atom. The lowest BCUT2D eigenvalue weighted by Gasteiger charge is -2.22. The Labute approximate surface area is 172 Å². The zero-order chi connectivity index (χ0) is 17.7. The van der Waals surface area contributed by atoms with Crippen molar-refractivity contribution in [2.45, 2.75) is 46.2 Å². The van der Waals surface area contributed by atoms with Gasteiger partial charge in [-0.25, -0.2) is 9.98 Å². The van der Waals surface area contributed by atoms with Gasteiger partial charge in [-0.05, 0) is 19.1 Å². The SMILES string of the molecule is CCNC(=NCc1nc(C(C)(C)C)cs1)N(C)Cc1cccn1C.I. The molecule has 0 saturated heterocycles. The zero-order valence-electron chi connectivity index (χ0n) is 16.0. The van der Waals surface area contributed by atoms with E-state index in [2.05, 4.69) is 80.3 Å². The van der Waals surface area contributed by atoms with Gasteiger partial charge in [-0.3, -0.25) is 0 Å². The molecule has 5 nitrogen and oxygen atoms in total. The fraction of sp³-hybridized carbons (Fsp3) is 0.556. The summed E-state index contributed by atoms with van der Waals surface area (Å²) >= 11 is 1.69. The van der Waals surface area contributed by atoms with Crippen LogP contribution < -0.4 is 5.32 Å². The van der Waals surface area contributed by atoms with Gasteiger partial charge in [-0.15, -0.1) is 35.3 Å². The Morgan fingerprint density at radius 2 is 2.12 bits per heavy atom. The van der Waals surface area contributed by atoms with E-state index in [4.69, 9.17) is 9.98 Å². The van der Waals surface area contributed by atoms with Crippen molar-refractivity contribution in [1.82, 2.24) is 19.8 Å². The predicted molar refractivity (Wildman–Crippen MR) is 118 cm³/mol. The lowest BCUT2D eigenvalue weighted by molar-refractivity contribution is 0.462. The fourth-order valence-electron chi connectivity index (χ4n) is 2.32. The summed E-state index contributed by atoms with van der Waals surface area (Å²) in [6.45, 7) is 10.9. The predicted octanol–water partition coefficient (Wildman–Crippen LogP) is 3.99. The van der Waals surface area contributed by atoms with Gasteiger partial charge in [0.25, 0.3) is 0 Å². The summed E-state index contributed by atoms with van der Waals surface area (Å²) in [6.07, 6.45) is 2.07. The molecular weight excluding hydrogens is 445 g/mol. The second-order valence-electron chi connectivity index (χ2n) is 7.01. The van der Waals surface area contributed by atoms with Crippen molar-refractivity contribution in [3.8, 4) is 0 Å². The van der Waals surface area contributed by atoms with E-state index in [0.717, 1.165) is 29.8 Å². The van der Waals surface area contributed by atoms with Crippen LogP contribution in [0, 0.1) is 0 Å². The third-order valence-corrected chi connectivity index (χ3v) is 4.66. The minimum Gasteiger partial charge on any atom is -0.357 e. The van der Waals surface area contributed by atoms with Gasteiger partial charge in [-0.1, -0.05) is 20.8 Å². The number of nitrogens with zero attached hydrogens (tertiary/aromatic N) is 4. The highest BCUT2D eigenvalue weighted by molar-refractivity contribution is 14.0. The smallest absolute Gasteiger partial charge is 0.194 e. The van der Waals surface area contributed by atoms with Gasteiger partial charge < -0.3 is 14.8 Å². The first kappa shape index (κ1) is 22.0. The van der Waals surface area contributed by atoms with Crippen LogP contribution in [0.3, 0.4) is 0 Å². The molecule has 25 heavy (non-hydrogen) atoms. The topological polar surface area (TPSA) is 45.5 Å². The van der Waals surface area contributed by atoms with Gasteiger partial charge in [0.1, 0.15) is 5.01 Å². The highest BCUT2D eigenvalue weighted by atomic mass is 127. The average Bonchev–Trinajstić information content (AvgIpc) is 3.13. The molecule has 0 aliphatic heterocycles. The molecule has 7 heteroatoms. The zero-order valence-corrected chi connectivity index (χ0v) is 19.2. The molecule has 0 bridgehead atoms. The third-order valence-electron chi connectivity index (χ3n) is 3.83. The second-order valence-corrected chi connectivity index (χ2v) is 7.96. The summed E-state index contributed by atoms with van der Waals surface area (Å²) in [4.78, 5) is 11.6. The number of hydrogen-bond acceptors (Lipinski definition) is 3. The maximum Gasteiger partial charge on any atom is 0.194 e. The first-order valence-corrected chi connectivity index (χ1v) is 9.23. The van der Waals surface area contributed by atoms with Crippen LogP contribution in [0.2, 0.25) is 0 Å². The maximum atomic E-state index is 4.76. The molecule has 2 rings (SSSR count). The van der Waals surface area contributed by atoms with Crippen LogP contribution in [0.1, 0.15) is 44.1 Å². The Kier molecular flexibility index (Phi) is 8.40. The molecule has 0 amide bonds. The van der Waals surface area contributed by atoms with Crippen LogP contribution in [0.25, 0.3) is 0 Å². The van der Waals surface area contributed by atoms with Gasteiger partial charge in [0.15, 0.2) is 5.96 Å². The molecule has 0 fully saturated rings. The van der Waals surface area contributed by atoms with Crippen molar-refractivity contribution in [3.63, 3.8) is 0 Å². The fourth-order valence-corrected chi connectivity index (χ4v) is 3.26. The van der Waals surface area contributed by atoms with Crippen molar-refractivity contribution in [2.24, 2.45) is 12.0 Å². The molecule has 0 aliphatic rings. The van der Waals surface area contributed by atoms with Crippen molar-refractivity contribution in [1.29, 1.82) is 0 Å². The van der Waals surface area contributed by atoms with E-state index in [0.29, 0.717) is 6.54 Å². The number of thiazole rings is 1. The molecule has 0 radical (unpaired) electrons. The Bertz CT molecular complexity index is 684. The summed E-state index contributed by atoms with van der Waals surface area (Å²) in [5, 5.41) is 6.57. The molecule has 0 spiro atoms. The van der Waals surface area contributed by atoms with Crippen LogP contribution in [-0.2, 0) is 25.6 Å². The minimum absolute atomic E-state index is 0. The van der Waals surface area contributed by atoms with Crippen LogP contribution in [-0.4, -0.2) is 34.0 Å². The van der Waals surface area contributed by atoms with Crippen LogP contribution in [0.15, 0.2) is 28.7 Å². The minimum atomic E-state index is 0. The van der Waals surface area contributed by atoms with E-state index >= 15 is 0 Å². The van der Waals surface area contributed by atoms with Crippen molar-refractivity contribution >= 4 is 41.3 Å². The quantitative estimate of drug-likeness (QED) is 0.404. The normalized spacial score (nSPS) is 12.0. The first-order valence-electron chi connectivity index (χ1n) is 8.35. The molecule has 0 unspecified atom stereocenters. The van der Waals surface area contributed by atoms with E-state index < -0.39 is 0 Å². The lowest BCUT2D eigenvalue weighted by Crippen LogP contribution is -2.38. The van der Waals surface area contributed by atoms with E-state index in [-0.39, 0.29) is 29.4 Å². The first-order chi connectivity index (χ1) is 11.3. The van der Waals surface area contributed by atoms with Gasteiger partial charge >= 0.3 is 0 Å². The van der Waals surface area contributed by atoms with Crippen molar-refractivity contribution in [3.05, 3.63) is 40.1 Å². The molecule has 140 valence electrons. The Balaban J connectivity index is 0.00000312.